The Labute approximate surface area is 127 Å². The lowest BCUT2D eigenvalue weighted by Crippen LogP contribution is -2.51. The zero-order valence-corrected chi connectivity index (χ0v) is 13.1. The standard InChI is InChI=1S/C18H26N2O/c1-18(9-5-6-10-18)17(21)20-13-11-19(12-14-20)15-16-7-3-2-4-8-16/h2-4,7-8H,5-6,9-15H2,1H3. The second-order valence-corrected chi connectivity index (χ2v) is 6.82. The van der Waals surface area contributed by atoms with E-state index in [2.05, 4.69) is 47.1 Å². The molecule has 21 heavy (non-hydrogen) atoms. The van der Waals surface area contributed by atoms with Crippen LogP contribution in [0.25, 0.3) is 0 Å². The topological polar surface area (TPSA) is 23.6 Å². The van der Waals surface area contributed by atoms with Crippen molar-refractivity contribution in [3.05, 3.63) is 35.9 Å². The monoisotopic (exact) mass is 286 g/mol. The van der Waals surface area contributed by atoms with E-state index in [4.69, 9.17) is 0 Å². The molecular weight excluding hydrogens is 260 g/mol. The smallest absolute Gasteiger partial charge is 0.228 e. The molecule has 3 rings (SSSR count). The van der Waals surface area contributed by atoms with Crippen molar-refractivity contribution in [2.75, 3.05) is 26.2 Å². The summed E-state index contributed by atoms with van der Waals surface area (Å²) in [6, 6.07) is 10.6. The molecule has 1 aromatic rings. The summed E-state index contributed by atoms with van der Waals surface area (Å²) in [7, 11) is 0. The minimum Gasteiger partial charge on any atom is -0.340 e. The molecule has 3 nitrogen and oxygen atoms in total. The molecule has 0 bridgehead atoms. The molecule has 1 heterocycles. The zero-order valence-electron chi connectivity index (χ0n) is 13.1. The molecule has 0 atom stereocenters. The van der Waals surface area contributed by atoms with Crippen molar-refractivity contribution in [1.29, 1.82) is 0 Å². The van der Waals surface area contributed by atoms with Gasteiger partial charge >= 0.3 is 0 Å². The molecule has 1 aliphatic carbocycles. The summed E-state index contributed by atoms with van der Waals surface area (Å²) in [6.07, 6.45) is 4.60. The van der Waals surface area contributed by atoms with Crippen molar-refractivity contribution in [2.24, 2.45) is 5.41 Å². The van der Waals surface area contributed by atoms with Crippen molar-refractivity contribution in [2.45, 2.75) is 39.2 Å². The highest BCUT2D eigenvalue weighted by Crippen LogP contribution is 2.39. The predicted molar refractivity (Wildman–Crippen MR) is 84.9 cm³/mol. The molecule has 0 radical (unpaired) electrons. The van der Waals surface area contributed by atoms with Crippen molar-refractivity contribution >= 4 is 5.91 Å². The fourth-order valence-corrected chi connectivity index (χ4v) is 3.70. The van der Waals surface area contributed by atoms with Gasteiger partial charge in [0.2, 0.25) is 5.91 Å². The highest BCUT2D eigenvalue weighted by Gasteiger charge is 2.39. The largest absolute Gasteiger partial charge is 0.340 e. The highest BCUT2D eigenvalue weighted by molar-refractivity contribution is 5.82. The first kappa shape index (κ1) is 14.6. The summed E-state index contributed by atoms with van der Waals surface area (Å²) < 4.78 is 0. The van der Waals surface area contributed by atoms with Crippen LogP contribution in [0.2, 0.25) is 0 Å². The predicted octanol–water partition coefficient (Wildman–Crippen LogP) is 2.91. The number of hydrogen-bond acceptors (Lipinski definition) is 2. The van der Waals surface area contributed by atoms with E-state index in [1.54, 1.807) is 0 Å². The second kappa shape index (κ2) is 6.18. The molecule has 0 unspecified atom stereocenters. The van der Waals surface area contributed by atoms with Crippen LogP contribution in [0.1, 0.15) is 38.2 Å². The molecule has 1 amide bonds. The summed E-state index contributed by atoms with van der Waals surface area (Å²) in [6.45, 7) is 6.94. The van der Waals surface area contributed by atoms with Crippen LogP contribution in [0.15, 0.2) is 30.3 Å². The Morgan fingerprint density at radius 2 is 1.67 bits per heavy atom. The van der Waals surface area contributed by atoms with Gasteiger partial charge in [-0.25, -0.2) is 0 Å². The fourth-order valence-electron chi connectivity index (χ4n) is 3.70. The van der Waals surface area contributed by atoms with E-state index in [0.29, 0.717) is 5.91 Å². The Morgan fingerprint density at radius 1 is 1.05 bits per heavy atom. The molecule has 114 valence electrons. The molecule has 1 saturated heterocycles. The maximum absolute atomic E-state index is 12.7. The number of piperazine rings is 1. The second-order valence-electron chi connectivity index (χ2n) is 6.82. The third kappa shape index (κ3) is 3.29. The van der Waals surface area contributed by atoms with Gasteiger partial charge in [0.1, 0.15) is 0 Å². The lowest BCUT2D eigenvalue weighted by molar-refractivity contribution is -0.142. The number of rotatable bonds is 3. The van der Waals surface area contributed by atoms with Crippen LogP contribution in [0.5, 0.6) is 0 Å². The van der Waals surface area contributed by atoms with E-state index in [1.165, 1.54) is 18.4 Å². The quantitative estimate of drug-likeness (QED) is 0.853. The summed E-state index contributed by atoms with van der Waals surface area (Å²) >= 11 is 0. The van der Waals surface area contributed by atoms with Crippen LogP contribution in [-0.2, 0) is 11.3 Å². The summed E-state index contributed by atoms with van der Waals surface area (Å²) in [5.74, 6) is 0.402. The van der Waals surface area contributed by atoms with Gasteiger partial charge in [0.05, 0.1) is 0 Å². The highest BCUT2D eigenvalue weighted by atomic mass is 16.2. The van der Waals surface area contributed by atoms with E-state index in [-0.39, 0.29) is 5.41 Å². The lowest BCUT2D eigenvalue weighted by Gasteiger charge is -2.38. The molecule has 1 saturated carbocycles. The Bertz CT molecular complexity index is 471. The van der Waals surface area contributed by atoms with Crippen LogP contribution >= 0.6 is 0 Å². The normalized spacial score (nSPS) is 22.4. The van der Waals surface area contributed by atoms with Crippen molar-refractivity contribution in [3.8, 4) is 0 Å². The number of benzene rings is 1. The number of carbonyl (C=O) groups is 1. The Morgan fingerprint density at radius 3 is 2.29 bits per heavy atom. The van der Waals surface area contributed by atoms with Gasteiger partial charge in [-0.15, -0.1) is 0 Å². The van der Waals surface area contributed by atoms with Gasteiger partial charge in [0.25, 0.3) is 0 Å². The van der Waals surface area contributed by atoms with Gasteiger partial charge in [-0.1, -0.05) is 50.1 Å². The van der Waals surface area contributed by atoms with Crippen LogP contribution in [-0.4, -0.2) is 41.9 Å². The van der Waals surface area contributed by atoms with Crippen LogP contribution in [0.4, 0.5) is 0 Å². The van der Waals surface area contributed by atoms with Crippen molar-refractivity contribution < 1.29 is 4.79 Å². The van der Waals surface area contributed by atoms with Gasteiger partial charge in [-0.05, 0) is 18.4 Å². The number of amides is 1. The van der Waals surface area contributed by atoms with E-state index in [0.717, 1.165) is 45.6 Å². The first-order chi connectivity index (χ1) is 10.2. The Kier molecular flexibility index (Phi) is 4.29. The van der Waals surface area contributed by atoms with Crippen LogP contribution < -0.4 is 0 Å². The van der Waals surface area contributed by atoms with E-state index in [1.807, 2.05) is 0 Å². The van der Waals surface area contributed by atoms with Gasteiger partial charge in [0.15, 0.2) is 0 Å². The minimum atomic E-state index is -0.0679. The number of hydrogen-bond donors (Lipinski definition) is 0. The maximum Gasteiger partial charge on any atom is 0.228 e. The van der Waals surface area contributed by atoms with Gasteiger partial charge in [-0.2, -0.15) is 0 Å². The SMILES string of the molecule is CC1(C(=O)N2CCN(Cc3ccccc3)CC2)CCCC1. The molecule has 2 fully saturated rings. The zero-order chi connectivity index (χ0) is 14.7. The van der Waals surface area contributed by atoms with Crippen molar-refractivity contribution in [3.63, 3.8) is 0 Å². The average molecular weight is 286 g/mol. The number of carbonyl (C=O) groups excluding carboxylic acids is 1. The molecule has 0 N–H and O–H groups in total. The van der Waals surface area contributed by atoms with Crippen LogP contribution in [0, 0.1) is 5.41 Å². The van der Waals surface area contributed by atoms with E-state index < -0.39 is 0 Å². The third-order valence-corrected chi connectivity index (χ3v) is 5.13. The molecule has 1 aliphatic heterocycles. The summed E-state index contributed by atoms with van der Waals surface area (Å²) in [5, 5.41) is 0. The molecular formula is C18H26N2O. The molecule has 0 spiro atoms. The average Bonchev–Trinajstić information content (AvgIpc) is 2.96. The maximum atomic E-state index is 12.7. The molecule has 0 aromatic heterocycles. The van der Waals surface area contributed by atoms with Gasteiger partial charge in [-0.3, -0.25) is 9.69 Å². The van der Waals surface area contributed by atoms with Gasteiger partial charge < -0.3 is 4.90 Å². The summed E-state index contributed by atoms with van der Waals surface area (Å²) in [5.41, 5.74) is 1.29. The third-order valence-electron chi connectivity index (χ3n) is 5.13. The first-order valence-corrected chi connectivity index (χ1v) is 8.23. The summed E-state index contributed by atoms with van der Waals surface area (Å²) in [4.78, 5) is 17.3. The van der Waals surface area contributed by atoms with Crippen LogP contribution in [0.3, 0.4) is 0 Å². The Balaban J connectivity index is 1.52. The first-order valence-electron chi connectivity index (χ1n) is 8.23. The van der Waals surface area contributed by atoms with E-state index in [9.17, 15) is 4.79 Å². The van der Waals surface area contributed by atoms with Crippen molar-refractivity contribution in [1.82, 2.24) is 9.80 Å². The fraction of sp³-hybridized carbons (Fsp3) is 0.611. The molecule has 2 aliphatic rings. The minimum absolute atomic E-state index is 0.0679. The lowest BCUT2D eigenvalue weighted by atomic mass is 9.87. The van der Waals surface area contributed by atoms with Gasteiger partial charge in [0, 0.05) is 38.1 Å². The number of nitrogens with zero attached hydrogens (tertiary/aromatic N) is 2. The van der Waals surface area contributed by atoms with E-state index >= 15 is 0 Å². The Hall–Kier alpha value is -1.35. The molecule has 1 aromatic carbocycles. The molecule has 3 heteroatoms.